The van der Waals surface area contributed by atoms with Gasteiger partial charge in [0.1, 0.15) is 4.99 Å². The van der Waals surface area contributed by atoms with Crippen LogP contribution >= 0.6 is 7.60 Å². The van der Waals surface area contributed by atoms with Crippen molar-refractivity contribution in [1.29, 1.82) is 0 Å². The number of carbonyl (C=O) groups excluding carboxylic acids is 2. The summed E-state index contributed by atoms with van der Waals surface area (Å²) >= 11 is 0. The Bertz CT molecular complexity index is 587. The summed E-state index contributed by atoms with van der Waals surface area (Å²) in [5.74, 6) is -3.38. The number of hydrogen-bond donors (Lipinski definition) is 0. The summed E-state index contributed by atoms with van der Waals surface area (Å²) in [6.07, 6.45) is 0.277. The van der Waals surface area contributed by atoms with Crippen LogP contribution in [0.4, 0.5) is 0 Å². The molecule has 2 saturated heterocycles. The van der Waals surface area contributed by atoms with Crippen LogP contribution in [0.5, 0.6) is 0 Å². The lowest BCUT2D eigenvalue weighted by molar-refractivity contribution is -0.164. The molecule has 150 valence electrons. The van der Waals surface area contributed by atoms with Gasteiger partial charge in [-0.1, -0.05) is 13.8 Å². The minimum Gasteiger partial charge on any atom is -0.465 e. The fourth-order valence-corrected chi connectivity index (χ4v) is 8.57. The molecule has 0 spiro atoms. The van der Waals surface area contributed by atoms with Crippen LogP contribution < -0.4 is 0 Å². The second kappa shape index (κ2) is 8.50. The van der Waals surface area contributed by atoms with E-state index in [1.54, 1.807) is 13.8 Å². The van der Waals surface area contributed by atoms with E-state index in [1.807, 2.05) is 13.8 Å². The fraction of sp³-hybridized carbons (Fsp3) is 0.875. The van der Waals surface area contributed by atoms with Crippen LogP contribution in [0.2, 0.25) is 0 Å². The lowest BCUT2D eigenvalue weighted by atomic mass is 9.91. The van der Waals surface area contributed by atoms with Gasteiger partial charge in [-0.2, -0.15) is 0 Å². The number of esters is 2. The van der Waals surface area contributed by atoms with Gasteiger partial charge in [-0.3, -0.25) is 18.4 Å². The molecule has 2 rings (SSSR count). The van der Waals surface area contributed by atoms with E-state index in [-0.39, 0.29) is 44.0 Å². The Labute approximate surface area is 156 Å². The van der Waals surface area contributed by atoms with E-state index in [1.165, 1.54) is 0 Å². The van der Waals surface area contributed by atoms with Gasteiger partial charge in [0.05, 0.1) is 26.4 Å². The Morgan fingerprint density at radius 1 is 1.15 bits per heavy atom. The molecule has 2 aliphatic heterocycles. The average molecular weight is 410 g/mol. The van der Waals surface area contributed by atoms with Gasteiger partial charge in [-0.05, 0) is 20.3 Å². The smallest absolute Gasteiger partial charge is 0.346 e. The van der Waals surface area contributed by atoms with Gasteiger partial charge in [0.25, 0.3) is 0 Å². The lowest BCUT2D eigenvalue weighted by Gasteiger charge is -2.38. The van der Waals surface area contributed by atoms with Gasteiger partial charge in [-0.15, -0.1) is 0 Å². The molecule has 0 aliphatic carbocycles. The molecule has 3 atom stereocenters. The molecule has 2 aliphatic rings. The molecule has 10 heteroatoms. The highest BCUT2D eigenvalue weighted by molar-refractivity contribution is 7.93. The minimum absolute atomic E-state index is 0.0913. The summed E-state index contributed by atoms with van der Waals surface area (Å²) in [5, 5.41) is 0. The first-order valence-electron chi connectivity index (χ1n) is 8.74. The Morgan fingerprint density at radius 2 is 1.65 bits per heavy atom. The van der Waals surface area contributed by atoms with Crippen LogP contribution in [0.25, 0.3) is 0 Å². The van der Waals surface area contributed by atoms with E-state index in [4.69, 9.17) is 18.5 Å². The molecule has 0 saturated carbocycles. The zero-order valence-corrected chi connectivity index (χ0v) is 17.3. The summed E-state index contributed by atoms with van der Waals surface area (Å²) in [6.45, 7) is 7.62. The first-order chi connectivity index (χ1) is 12.1. The number of ether oxygens (including phenoxy) is 2. The topological polar surface area (TPSA) is 105 Å². The number of carbonyl (C=O) groups is 2. The van der Waals surface area contributed by atoms with E-state index in [0.29, 0.717) is 0 Å². The Morgan fingerprint density at radius 3 is 2.12 bits per heavy atom. The van der Waals surface area contributed by atoms with Crippen molar-refractivity contribution in [1.82, 2.24) is 0 Å². The molecule has 8 nitrogen and oxygen atoms in total. The Balaban J connectivity index is 2.32. The highest BCUT2D eigenvalue weighted by Crippen LogP contribution is 2.63. The fourth-order valence-electron chi connectivity index (χ4n) is 3.09. The van der Waals surface area contributed by atoms with Crippen LogP contribution in [0.15, 0.2) is 0 Å². The molecule has 3 unspecified atom stereocenters. The van der Waals surface area contributed by atoms with Gasteiger partial charge < -0.3 is 18.5 Å². The van der Waals surface area contributed by atoms with E-state index >= 15 is 0 Å². The molecule has 0 bridgehead atoms. The Kier molecular flexibility index (Phi) is 7.04. The Hall–Kier alpha value is -0.760. The molecule has 0 N–H and O–H groups in total. The van der Waals surface area contributed by atoms with Gasteiger partial charge >= 0.3 is 19.5 Å². The maximum Gasteiger partial charge on any atom is 0.346 e. The minimum atomic E-state index is -3.74. The number of hydrogen-bond acceptors (Lipinski definition) is 8. The van der Waals surface area contributed by atoms with Crippen LogP contribution in [0.3, 0.4) is 0 Å². The van der Waals surface area contributed by atoms with Crippen molar-refractivity contribution in [2.24, 2.45) is 17.3 Å². The van der Waals surface area contributed by atoms with Crippen LogP contribution in [-0.2, 0) is 43.5 Å². The molecule has 2 heterocycles. The van der Waals surface area contributed by atoms with Crippen LogP contribution in [-0.4, -0.2) is 53.3 Å². The maximum atomic E-state index is 13.3. The highest BCUT2D eigenvalue weighted by atomic mass is 32.2. The van der Waals surface area contributed by atoms with Crippen molar-refractivity contribution in [3.63, 3.8) is 0 Å². The van der Waals surface area contributed by atoms with Crippen LogP contribution in [0, 0.1) is 17.3 Å². The third-order valence-corrected chi connectivity index (χ3v) is 9.37. The molecule has 0 amide bonds. The zero-order valence-electron chi connectivity index (χ0n) is 15.6. The van der Waals surface area contributed by atoms with Gasteiger partial charge in [0.2, 0.25) is 0 Å². The van der Waals surface area contributed by atoms with Crippen molar-refractivity contribution in [3.05, 3.63) is 0 Å². The van der Waals surface area contributed by atoms with E-state index in [9.17, 15) is 18.4 Å². The van der Waals surface area contributed by atoms with E-state index in [2.05, 4.69) is 0 Å². The summed E-state index contributed by atoms with van der Waals surface area (Å²) in [6, 6.07) is 0. The molecule has 0 aromatic carbocycles. The van der Waals surface area contributed by atoms with Crippen LogP contribution in [0.1, 0.15) is 34.1 Å². The second-order valence-electron chi connectivity index (χ2n) is 7.16. The summed E-state index contributed by atoms with van der Waals surface area (Å²) in [5.41, 5.74) is -0.314. The molecule has 2 fully saturated rings. The molecule has 0 radical (unpaired) electrons. The average Bonchev–Trinajstić information content (AvgIpc) is 2.93. The van der Waals surface area contributed by atoms with Gasteiger partial charge in [0.15, 0.2) is 5.92 Å². The molecular formula is C16H27O8PS. The standard InChI is InChI=1S/C16H27O8PS/c1-5-21-13(17)12(14(18)22-6-2)11-7-8-26(20)15(11)25(19)23-9-16(3,4)10-24-25/h11-12,15H,5-10H2,1-4H3. The highest BCUT2D eigenvalue weighted by Gasteiger charge is 2.57. The predicted molar refractivity (Wildman–Crippen MR) is 95.0 cm³/mol. The van der Waals surface area contributed by atoms with Crippen molar-refractivity contribution in [3.8, 4) is 0 Å². The monoisotopic (exact) mass is 410 g/mol. The molecule has 0 aromatic rings. The second-order valence-corrected chi connectivity index (χ2v) is 11.3. The third kappa shape index (κ3) is 4.55. The first kappa shape index (κ1) is 21.5. The van der Waals surface area contributed by atoms with Crippen molar-refractivity contribution >= 4 is 30.3 Å². The molecule has 0 aromatic heterocycles. The lowest BCUT2D eigenvalue weighted by Crippen LogP contribution is -2.40. The van der Waals surface area contributed by atoms with E-state index < -0.39 is 47.2 Å². The van der Waals surface area contributed by atoms with Crippen molar-refractivity contribution in [2.45, 2.75) is 39.1 Å². The SMILES string of the molecule is CCOC(=O)C(C(=O)OCC)C1CCS(=O)C1P1(=O)OCC(C)(C)CO1. The molecular weight excluding hydrogens is 383 g/mol. The van der Waals surface area contributed by atoms with Crippen molar-refractivity contribution in [2.75, 3.05) is 32.2 Å². The summed E-state index contributed by atoms with van der Waals surface area (Å²) in [7, 11) is -5.28. The largest absolute Gasteiger partial charge is 0.465 e. The normalized spacial score (nSPS) is 30.1. The van der Waals surface area contributed by atoms with E-state index in [0.717, 1.165) is 0 Å². The molecule has 26 heavy (non-hydrogen) atoms. The summed E-state index contributed by atoms with van der Waals surface area (Å²) < 4.78 is 46.9. The predicted octanol–water partition coefficient (Wildman–Crippen LogP) is 2.09. The number of rotatable bonds is 6. The summed E-state index contributed by atoms with van der Waals surface area (Å²) in [4.78, 5) is 23.7. The first-order valence-corrected chi connectivity index (χ1v) is 11.7. The maximum absolute atomic E-state index is 13.3. The van der Waals surface area contributed by atoms with Gasteiger partial charge in [-0.25, -0.2) is 0 Å². The quantitative estimate of drug-likeness (QED) is 0.372. The third-order valence-electron chi connectivity index (χ3n) is 4.38. The van der Waals surface area contributed by atoms with Gasteiger partial charge in [0, 0.05) is 27.9 Å². The van der Waals surface area contributed by atoms with Crippen molar-refractivity contribution < 1.29 is 36.9 Å². The zero-order chi connectivity index (χ0) is 19.5.